The van der Waals surface area contributed by atoms with Crippen LogP contribution in [0.3, 0.4) is 0 Å². The van der Waals surface area contributed by atoms with Gasteiger partial charge in [-0.3, -0.25) is 9.69 Å². The lowest BCUT2D eigenvalue weighted by Gasteiger charge is -2.39. The van der Waals surface area contributed by atoms with E-state index in [1.54, 1.807) is 11.8 Å². The Kier molecular flexibility index (Phi) is 6.09. The quantitative estimate of drug-likeness (QED) is 0.810. The molecule has 1 fully saturated rings. The second kappa shape index (κ2) is 7.10. The number of aliphatic hydroxyl groups is 1. The first-order chi connectivity index (χ1) is 8.43. The summed E-state index contributed by atoms with van der Waals surface area (Å²) < 4.78 is 0. The fourth-order valence-corrected chi connectivity index (χ4v) is 2.58. The maximum absolute atomic E-state index is 12.4. The van der Waals surface area contributed by atoms with Gasteiger partial charge in [-0.25, -0.2) is 0 Å². The molecule has 0 radical (unpaired) electrons. The number of hydrogen-bond donors (Lipinski definition) is 1. The van der Waals surface area contributed by atoms with Gasteiger partial charge in [-0.2, -0.15) is 0 Å². The zero-order chi connectivity index (χ0) is 13.7. The zero-order valence-electron chi connectivity index (χ0n) is 12.2. The first-order valence-electron chi connectivity index (χ1n) is 7.12. The molecule has 1 aliphatic heterocycles. The number of aliphatic hydroxyl groups excluding tert-OH is 1. The van der Waals surface area contributed by atoms with Gasteiger partial charge in [0.05, 0.1) is 12.1 Å². The number of hydrogen-bond acceptors (Lipinski definition) is 3. The van der Waals surface area contributed by atoms with E-state index >= 15 is 0 Å². The van der Waals surface area contributed by atoms with Crippen LogP contribution in [0.4, 0.5) is 0 Å². The third-order valence-electron chi connectivity index (χ3n) is 3.75. The van der Waals surface area contributed by atoms with Crippen LogP contribution in [0.5, 0.6) is 0 Å². The molecule has 2 atom stereocenters. The minimum atomic E-state index is -0.340. The summed E-state index contributed by atoms with van der Waals surface area (Å²) in [4.78, 5) is 16.5. The number of likely N-dealkylation sites (N-methyl/N-ethyl adjacent to an activating group) is 1. The third-order valence-corrected chi connectivity index (χ3v) is 3.75. The van der Waals surface area contributed by atoms with Crippen LogP contribution in [0.1, 0.15) is 46.5 Å². The third kappa shape index (κ3) is 4.25. The number of nitrogens with zero attached hydrogens (tertiary/aromatic N) is 2. The van der Waals surface area contributed by atoms with Crippen LogP contribution < -0.4 is 0 Å². The van der Waals surface area contributed by atoms with Gasteiger partial charge in [-0.15, -0.1) is 0 Å². The number of piperidine rings is 1. The molecule has 0 aromatic carbocycles. The first kappa shape index (κ1) is 15.4. The van der Waals surface area contributed by atoms with E-state index < -0.39 is 0 Å². The highest BCUT2D eigenvalue weighted by atomic mass is 16.3. The van der Waals surface area contributed by atoms with Gasteiger partial charge < -0.3 is 10.0 Å². The molecule has 4 heteroatoms. The average Bonchev–Trinajstić information content (AvgIpc) is 2.34. The van der Waals surface area contributed by atoms with Crippen LogP contribution in [0, 0.1) is 0 Å². The lowest BCUT2D eigenvalue weighted by Crippen LogP contribution is -2.52. The Morgan fingerprint density at radius 1 is 1.39 bits per heavy atom. The van der Waals surface area contributed by atoms with Crippen molar-refractivity contribution in [1.82, 2.24) is 9.80 Å². The van der Waals surface area contributed by atoms with Gasteiger partial charge >= 0.3 is 0 Å². The van der Waals surface area contributed by atoms with Crippen molar-refractivity contribution in [3.63, 3.8) is 0 Å². The van der Waals surface area contributed by atoms with Gasteiger partial charge in [0, 0.05) is 19.6 Å². The standard InChI is InChI=1S/C14H28N2O2/c1-11(2)16-9-6-5-7-13(16)14(18)15(4)10-8-12(3)17/h11-13,17H,5-10H2,1-4H3. The van der Waals surface area contributed by atoms with Gasteiger partial charge in [0.25, 0.3) is 0 Å². The summed E-state index contributed by atoms with van der Waals surface area (Å²) in [7, 11) is 1.85. The van der Waals surface area contributed by atoms with E-state index in [4.69, 9.17) is 0 Å². The van der Waals surface area contributed by atoms with Crippen molar-refractivity contribution in [3.05, 3.63) is 0 Å². The second-order valence-electron chi connectivity index (χ2n) is 5.74. The summed E-state index contributed by atoms with van der Waals surface area (Å²) in [6, 6.07) is 0.460. The van der Waals surface area contributed by atoms with Crippen molar-refractivity contribution in [2.45, 2.75) is 64.6 Å². The Morgan fingerprint density at radius 2 is 2.06 bits per heavy atom. The van der Waals surface area contributed by atoms with Crippen LogP contribution in [-0.4, -0.2) is 59.1 Å². The zero-order valence-corrected chi connectivity index (χ0v) is 12.2. The molecular formula is C14H28N2O2. The van der Waals surface area contributed by atoms with Gasteiger partial charge in [0.15, 0.2) is 0 Å². The summed E-state index contributed by atoms with van der Waals surface area (Å²) >= 11 is 0. The summed E-state index contributed by atoms with van der Waals surface area (Å²) in [5.41, 5.74) is 0. The maximum atomic E-state index is 12.4. The molecule has 2 unspecified atom stereocenters. The molecule has 0 saturated carbocycles. The average molecular weight is 256 g/mol. The highest BCUT2D eigenvalue weighted by Gasteiger charge is 2.31. The Hall–Kier alpha value is -0.610. The molecule has 0 bridgehead atoms. The molecule has 1 N–H and O–H groups in total. The predicted molar refractivity (Wildman–Crippen MR) is 73.4 cm³/mol. The van der Waals surface area contributed by atoms with Crippen LogP contribution in [-0.2, 0) is 4.79 Å². The van der Waals surface area contributed by atoms with E-state index in [-0.39, 0.29) is 18.1 Å². The Labute approximate surface area is 111 Å². The Balaban J connectivity index is 2.56. The molecule has 18 heavy (non-hydrogen) atoms. The van der Waals surface area contributed by atoms with E-state index in [2.05, 4.69) is 18.7 Å². The van der Waals surface area contributed by atoms with E-state index in [1.165, 1.54) is 6.42 Å². The maximum Gasteiger partial charge on any atom is 0.239 e. The molecular weight excluding hydrogens is 228 g/mol. The summed E-state index contributed by atoms with van der Waals surface area (Å²) in [6.07, 6.45) is 3.61. The predicted octanol–water partition coefficient (Wildman–Crippen LogP) is 1.48. The van der Waals surface area contributed by atoms with Gasteiger partial charge in [-0.05, 0) is 46.6 Å². The van der Waals surface area contributed by atoms with E-state index in [1.807, 2.05) is 7.05 Å². The van der Waals surface area contributed by atoms with Gasteiger partial charge in [0.2, 0.25) is 5.91 Å². The normalized spacial score (nSPS) is 23.1. The molecule has 1 aliphatic rings. The van der Waals surface area contributed by atoms with Crippen molar-refractivity contribution in [1.29, 1.82) is 0 Å². The molecule has 1 saturated heterocycles. The van der Waals surface area contributed by atoms with Crippen molar-refractivity contribution in [3.8, 4) is 0 Å². The second-order valence-corrected chi connectivity index (χ2v) is 5.74. The smallest absolute Gasteiger partial charge is 0.239 e. The van der Waals surface area contributed by atoms with Crippen LogP contribution >= 0.6 is 0 Å². The molecule has 0 spiro atoms. The fraction of sp³-hybridized carbons (Fsp3) is 0.929. The molecule has 106 valence electrons. The van der Waals surface area contributed by atoms with Crippen molar-refractivity contribution in [2.75, 3.05) is 20.1 Å². The fourth-order valence-electron chi connectivity index (χ4n) is 2.58. The molecule has 1 rings (SSSR count). The van der Waals surface area contributed by atoms with Crippen molar-refractivity contribution in [2.24, 2.45) is 0 Å². The molecule has 0 aromatic heterocycles. The number of carbonyl (C=O) groups excluding carboxylic acids is 1. The highest BCUT2D eigenvalue weighted by molar-refractivity contribution is 5.81. The van der Waals surface area contributed by atoms with Crippen molar-refractivity contribution >= 4 is 5.91 Å². The lowest BCUT2D eigenvalue weighted by atomic mass is 9.99. The van der Waals surface area contributed by atoms with Crippen LogP contribution in [0.15, 0.2) is 0 Å². The SMILES string of the molecule is CC(O)CCN(C)C(=O)C1CCCCN1C(C)C. The largest absolute Gasteiger partial charge is 0.393 e. The number of likely N-dealkylation sites (tertiary alicyclic amines) is 1. The molecule has 1 amide bonds. The van der Waals surface area contributed by atoms with E-state index in [9.17, 15) is 9.90 Å². The number of amides is 1. The summed E-state index contributed by atoms with van der Waals surface area (Å²) in [5.74, 6) is 0.212. The number of carbonyl (C=O) groups is 1. The van der Waals surface area contributed by atoms with Crippen molar-refractivity contribution < 1.29 is 9.90 Å². The minimum absolute atomic E-state index is 0.0396. The number of rotatable bonds is 5. The highest BCUT2D eigenvalue weighted by Crippen LogP contribution is 2.21. The summed E-state index contributed by atoms with van der Waals surface area (Å²) in [6.45, 7) is 7.74. The monoisotopic (exact) mass is 256 g/mol. The molecule has 0 aromatic rings. The van der Waals surface area contributed by atoms with Crippen LogP contribution in [0.25, 0.3) is 0 Å². The lowest BCUT2D eigenvalue weighted by molar-refractivity contribution is -0.138. The molecule has 0 aliphatic carbocycles. The topological polar surface area (TPSA) is 43.8 Å². The Morgan fingerprint density at radius 3 is 2.61 bits per heavy atom. The van der Waals surface area contributed by atoms with E-state index in [0.29, 0.717) is 19.0 Å². The molecule has 1 heterocycles. The molecule has 4 nitrogen and oxygen atoms in total. The van der Waals surface area contributed by atoms with Gasteiger partial charge in [-0.1, -0.05) is 6.42 Å². The minimum Gasteiger partial charge on any atom is -0.393 e. The van der Waals surface area contributed by atoms with Gasteiger partial charge in [0.1, 0.15) is 0 Å². The first-order valence-corrected chi connectivity index (χ1v) is 7.12. The Bertz CT molecular complexity index is 267. The summed E-state index contributed by atoms with van der Waals surface area (Å²) in [5, 5.41) is 9.29. The van der Waals surface area contributed by atoms with E-state index in [0.717, 1.165) is 19.4 Å². The van der Waals surface area contributed by atoms with Crippen LogP contribution in [0.2, 0.25) is 0 Å².